The molecule has 0 aromatic heterocycles. The van der Waals surface area contributed by atoms with E-state index in [1.807, 2.05) is 6.92 Å². The standard InChI is InChI=1S/C15H28N2O3/c1-2-12(10-16)9-13(18)17-11-15(14(19)20)7-5-3-4-6-8-15/h12H,2-11,16H2,1H3,(H,17,18)(H,19,20). The molecule has 0 saturated heterocycles. The maximum atomic E-state index is 11.9. The van der Waals surface area contributed by atoms with Crippen molar-refractivity contribution >= 4 is 11.9 Å². The highest BCUT2D eigenvalue weighted by Gasteiger charge is 2.38. The van der Waals surface area contributed by atoms with Gasteiger partial charge in [-0.15, -0.1) is 0 Å². The fourth-order valence-electron chi connectivity index (χ4n) is 2.87. The van der Waals surface area contributed by atoms with Gasteiger partial charge in [-0.1, -0.05) is 39.0 Å². The van der Waals surface area contributed by atoms with Crippen LogP contribution in [0.3, 0.4) is 0 Å². The smallest absolute Gasteiger partial charge is 0.311 e. The highest BCUT2D eigenvalue weighted by Crippen LogP contribution is 2.34. The number of carboxylic acid groups (broad SMARTS) is 1. The first-order chi connectivity index (χ1) is 9.54. The molecule has 0 aromatic carbocycles. The zero-order chi connectivity index (χ0) is 15.0. The molecule has 0 aromatic rings. The Morgan fingerprint density at radius 3 is 2.30 bits per heavy atom. The van der Waals surface area contributed by atoms with Gasteiger partial charge < -0.3 is 16.2 Å². The van der Waals surface area contributed by atoms with Crippen molar-refractivity contribution in [1.82, 2.24) is 5.32 Å². The molecular weight excluding hydrogens is 256 g/mol. The van der Waals surface area contributed by atoms with E-state index in [4.69, 9.17) is 5.73 Å². The van der Waals surface area contributed by atoms with Crippen LogP contribution < -0.4 is 11.1 Å². The van der Waals surface area contributed by atoms with E-state index in [1.54, 1.807) is 0 Å². The molecule has 20 heavy (non-hydrogen) atoms. The van der Waals surface area contributed by atoms with Gasteiger partial charge in [0.05, 0.1) is 5.41 Å². The molecule has 1 amide bonds. The summed E-state index contributed by atoms with van der Waals surface area (Å²) >= 11 is 0. The number of carbonyl (C=O) groups excluding carboxylic acids is 1. The lowest BCUT2D eigenvalue weighted by molar-refractivity contribution is -0.149. The first-order valence-corrected chi connectivity index (χ1v) is 7.74. The van der Waals surface area contributed by atoms with Crippen molar-refractivity contribution in [3.63, 3.8) is 0 Å². The molecule has 1 aliphatic carbocycles. The van der Waals surface area contributed by atoms with E-state index in [0.29, 0.717) is 25.8 Å². The number of carboxylic acids is 1. The fraction of sp³-hybridized carbons (Fsp3) is 0.867. The van der Waals surface area contributed by atoms with E-state index in [0.717, 1.165) is 32.1 Å². The molecule has 1 rings (SSSR count). The number of nitrogens with one attached hydrogen (secondary N) is 1. The third kappa shape index (κ3) is 4.78. The number of nitrogens with two attached hydrogens (primary N) is 1. The average Bonchev–Trinajstić information content (AvgIpc) is 2.69. The predicted molar refractivity (Wildman–Crippen MR) is 78.2 cm³/mol. The van der Waals surface area contributed by atoms with Gasteiger partial charge >= 0.3 is 5.97 Å². The van der Waals surface area contributed by atoms with Crippen LogP contribution in [0.25, 0.3) is 0 Å². The Bertz CT molecular complexity index is 319. The Morgan fingerprint density at radius 2 is 1.85 bits per heavy atom. The average molecular weight is 284 g/mol. The second kappa shape index (κ2) is 8.25. The topological polar surface area (TPSA) is 92.4 Å². The summed E-state index contributed by atoms with van der Waals surface area (Å²) in [6.45, 7) is 2.75. The summed E-state index contributed by atoms with van der Waals surface area (Å²) in [6, 6.07) is 0. The summed E-state index contributed by atoms with van der Waals surface area (Å²) in [5.74, 6) is -0.664. The van der Waals surface area contributed by atoms with Gasteiger partial charge in [-0.05, 0) is 25.3 Å². The number of amides is 1. The number of hydrogen-bond acceptors (Lipinski definition) is 3. The second-order valence-corrected chi connectivity index (χ2v) is 5.99. The summed E-state index contributed by atoms with van der Waals surface area (Å²) in [6.07, 6.45) is 6.64. The van der Waals surface area contributed by atoms with E-state index in [2.05, 4.69) is 5.32 Å². The van der Waals surface area contributed by atoms with Crippen molar-refractivity contribution in [2.75, 3.05) is 13.1 Å². The van der Waals surface area contributed by atoms with Crippen molar-refractivity contribution in [2.24, 2.45) is 17.1 Å². The summed E-state index contributed by atoms with van der Waals surface area (Å²) in [7, 11) is 0. The van der Waals surface area contributed by atoms with Gasteiger partial charge in [0.25, 0.3) is 0 Å². The molecule has 0 bridgehead atoms. The van der Waals surface area contributed by atoms with Crippen LogP contribution in [-0.2, 0) is 9.59 Å². The van der Waals surface area contributed by atoms with Gasteiger partial charge in [0.1, 0.15) is 0 Å². The molecule has 116 valence electrons. The van der Waals surface area contributed by atoms with E-state index < -0.39 is 11.4 Å². The van der Waals surface area contributed by atoms with Crippen LogP contribution in [0.4, 0.5) is 0 Å². The van der Waals surface area contributed by atoms with E-state index in [1.165, 1.54) is 0 Å². The van der Waals surface area contributed by atoms with Crippen molar-refractivity contribution < 1.29 is 14.7 Å². The molecule has 5 heteroatoms. The van der Waals surface area contributed by atoms with Crippen LogP contribution in [0.2, 0.25) is 0 Å². The minimum absolute atomic E-state index is 0.0767. The lowest BCUT2D eigenvalue weighted by Gasteiger charge is -2.28. The van der Waals surface area contributed by atoms with Gasteiger partial charge in [-0.2, -0.15) is 0 Å². The normalized spacial score (nSPS) is 19.9. The number of hydrogen-bond donors (Lipinski definition) is 3. The number of carbonyl (C=O) groups is 2. The van der Waals surface area contributed by atoms with Crippen LogP contribution in [0.15, 0.2) is 0 Å². The highest BCUT2D eigenvalue weighted by atomic mass is 16.4. The third-order valence-corrected chi connectivity index (χ3v) is 4.52. The molecule has 1 saturated carbocycles. The SMILES string of the molecule is CCC(CN)CC(=O)NCC1(C(=O)O)CCCCCC1. The van der Waals surface area contributed by atoms with Crippen LogP contribution in [0.1, 0.15) is 58.3 Å². The van der Waals surface area contributed by atoms with Crippen LogP contribution in [0.5, 0.6) is 0 Å². The van der Waals surface area contributed by atoms with Gasteiger partial charge in [0.15, 0.2) is 0 Å². The first-order valence-electron chi connectivity index (χ1n) is 7.74. The minimum Gasteiger partial charge on any atom is -0.481 e. The van der Waals surface area contributed by atoms with Gasteiger partial charge in [-0.3, -0.25) is 9.59 Å². The Morgan fingerprint density at radius 1 is 1.25 bits per heavy atom. The number of aliphatic carboxylic acids is 1. The van der Waals surface area contributed by atoms with E-state index in [9.17, 15) is 14.7 Å². The summed E-state index contributed by atoms with van der Waals surface area (Å²) in [4.78, 5) is 23.5. The minimum atomic E-state index is -0.773. The monoisotopic (exact) mass is 284 g/mol. The first kappa shape index (κ1) is 17.0. The molecule has 0 heterocycles. The van der Waals surface area contributed by atoms with Crippen LogP contribution in [0, 0.1) is 11.3 Å². The Kier molecular flexibility index (Phi) is 6.99. The maximum Gasteiger partial charge on any atom is 0.311 e. The summed E-state index contributed by atoms with van der Waals surface area (Å²) < 4.78 is 0. The van der Waals surface area contributed by atoms with Crippen molar-refractivity contribution in [3.8, 4) is 0 Å². The van der Waals surface area contributed by atoms with E-state index in [-0.39, 0.29) is 18.4 Å². The molecule has 5 nitrogen and oxygen atoms in total. The fourth-order valence-corrected chi connectivity index (χ4v) is 2.87. The third-order valence-electron chi connectivity index (χ3n) is 4.52. The molecule has 1 aliphatic rings. The summed E-state index contributed by atoms with van der Waals surface area (Å²) in [5, 5.41) is 12.4. The van der Waals surface area contributed by atoms with Crippen LogP contribution in [-0.4, -0.2) is 30.1 Å². The number of rotatable bonds is 7. The van der Waals surface area contributed by atoms with Crippen molar-refractivity contribution in [3.05, 3.63) is 0 Å². The molecule has 0 radical (unpaired) electrons. The highest BCUT2D eigenvalue weighted by molar-refractivity contribution is 5.79. The van der Waals surface area contributed by atoms with Crippen molar-refractivity contribution in [2.45, 2.75) is 58.3 Å². The lowest BCUT2D eigenvalue weighted by Crippen LogP contribution is -2.43. The Balaban J connectivity index is 2.54. The predicted octanol–water partition coefficient (Wildman–Crippen LogP) is 1.90. The maximum absolute atomic E-state index is 11.9. The van der Waals surface area contributed by atoms with Crippen molar-refractivity contribution in [1.29, 1.82) is 0 Å². The molecular formula is C15H28N2O3. The quantitative estimate of drug-likeness (QED) is 0.623. The van der Waals surface area contributed by atoms with Crippen LogP contribution >= 0.6 is 0 Å². The van der Waals surface area contributed by atoms with Gasteiger partial charge in [0, 0.05) is 13.0 Å². The Labute approximate surface area is 121 Å². The van der Waals surface area contributed by atoms with Gasteiger partial charge in [-0.25, -0.2) is 0 Å². The molecule has 0 spiro atoms. The van der Waals surface area contributed by atoms with E-state index >= 15 is 0 Å². The molecule has 1 atom stereocenters. The molecule has 1 fully saturated rings. The zero-order valence-electron chi connectivity index (χ0n) is 12.5. The van der Waals surface area contributed by atoms with Gasteiger partial charge in [0.2, 0.25) is 5.91 Å². The Hall–Kier alpha value is -1.10. The lowest BCUT2D eigenvalue weighted by atomic mass is 9.80. The second-order valence-electron chi connectivity index (χ2n) is 5.99. The molecule has 0 aliphatic heterocycles. The summed E-state index contributed by atoms with van der Waals surface area (Å²) in [5.41, 5.74) is 4.82. The molecule has 1 unspecified atom stereocenters. The zero-order valence-corrected chi connectivity index (χ0v) is 12.5. The molecule has 4 N–H and O–H groups in total. The largest absolute Gasteiger partial charge is 0.481 e.